The molecule has 1 aromatic carbocycles. The number of aromatic nitrogens is 1. The summed E-state index contributed by atoms with van der Waals surface area (Å²) in [4.78, 5) is 3.92. The molecule has 4 nitrogen and oxygen atoms in total. The van der Waals surface area contributed by atoms with Crippen LogP contribution in [0.25, 0.3) is 0 Å². The summed E-state index contributed by atoms with van der Waals surface area (Å²) in [7, 11) is 3.37. The SMILES string of the molecule is CNCc1ccnc(OCc2ccc(OC)cc2)c1F. The predicted molar refractivity (Wildman–Crippen MR) is 74.3 cm³/mol. The summed E-state index contributed by atoms with van der Waals surface area (Å²) < 4.78 is 24.5. The number of halogens is 1. The van der Waals surface area contributed by atoms with Crippen LogP contribution in [0.15, 0.2) is 36.5 Å². The average Bonchev–Trinajstić information content (AvgIpc) is 2.49. The van der Waals surface area contributed by atoms with Gasteiger partial charge in [-0.2, -0.15) is 0 Å². The summed E-state index contributed by atoms with van der Waals surface area (Å²) in [5.74, 6) is 0.373. The molecule has 0 radical (unpaired) electrons. The molecule has 1 N–H and O–H groups in total. The Morgan fingerprint density at radius 3 is 2.60 bits per heavy atom. The number of methoxy groups -OCH3 is 1. The first-order chi connectivity index (χ1) is 9.74. The molecule has 0 amide bonds. The van der Waals surface area contributed by atoms with Crippen LogP contribution < -0.4 is 14.8 Å². The third-order valence-electron chi connectivity index (χ3n) is 2.84. The van der Waals surface area contributed by atoms with Crippen molar-refractivity contribution in [2.45, 2.75) is 13.2 Å². The summed E-state index contributed by atoms with van der Waals surface area (Å²) in [5, 5.41) is 2.90. The van der Waals surface area contributed by atoms with Crippen molar-refractivity contribution < 1.29 is 13.9 Å². The van der Waals surface area contributed by atoms with Crippen LogP contribution in [-0.4, -0.2) is 19.1 Å². The van der Waals surface area contributed by atoms with Crippen molar-refractivity contribution in [3.63, 3.8) is 0 Å². The van der Waals surface area contributed by atoms with Crippen molar-refractivity contribution in [2.24, 2.45) is 0 Å². The molecule has 0 fully saturated rings. The van der Waals surface area contributed by atoms with Gasteiger partial charge in [0.1, 0.15) is 12.4 Å². The molecule has 5 heteroatoms. The minimum atomic E-state index is -0.421. The average molecular weight is 276 g/mol. The van der Waals surface area contributed by atoms with Crippen LogP contribution in [0.3, 0.4) is 0 Å². The Kier molecular flexibility index (Phi) is 4.90. The van der Waals surface area contributed by atoms with Gasteiger partial charge in [-0.05, 0) is 30.8 Å². The molecule has 2 rings (SSSR count). The van der Waals surface area contributed by atoms with Crippen LogP contribution in [0.4, 0.5) is 4.39 Å². The molecule has 0 spiro atoms. The van der Waals surface area contributed by atoms with Crippen LogP contribution in [0.5, 0.6) is 11.6 Å². The number of pyridine rings is 1. The second kappa shape index (κ2) is 6.86. The normalized spacial score (nSPS) is 10.3. The fraction of sp³-hybridized carbons (Fsp3) is 0.267. The zero-order valence-electron chi connectivity index (χ0n) is 11.5. The van der Waals surface area contributed by atoms with Crippen molar-refractivity contribution >= 4 is 0 Å². The van der Waals surface area contributed by atoms with Crippen molar-refractivity contribution in [1.82, 2.24) is 10.3 Å². The molecule has 0 atom stereocenters. The fourth-order valence-corrected chi connectivity index (χ4v) is 1.76. The van der Waals surface area contributed by atoms with E-state index in [0.29, 0.717) is 12.1 Å². The van der Waals surface area contributed by atoms with Gasteiger partial charge in [0.25, 0.3) is 5.88 Å². The highest BCUT2D eigenvalue weighted by molar-refractivity contribution is 5.28. The minimum Gasteiger partial charge on any atom is -0.497 e. The van der Waals surface area contributed by atoms with E-state index in [-0.39, 0.29) is 12.5 Å². The predicted octanol–water partition coefficient (Wildman–Crippen LogP) is 2.53. The van der Waals surface area contributed by atoms with Gasteiger partial charge in [-0.15, -0.1) is 0 Å². The van der Waals surface area contributed by atoms with E-state index in [1.54, 1.807) is 26.4 Å². The molecule has 0 aliphatic carbocycles. The highest BCUT2D eigenvalue weighted by Gasteiger charge is 2.10. The summed E-state index contributed by atoms with van der Waals surface area (Å²) in [6, 6.07) is 9.04. The van der Waals surface area contributed by atoms with Crippen LogP contribution in [-0.2, 0) is 13.2 Å². The second-order valence-corrected chi connectivity index (χ2v) is 4.26. The molecular formula is C15H17FN2O2. The first kappa shape index (κ1) is 14.3. The first-order valence-electron chi connectivity index (χ1n) is 6.28. The van der Waals surface area contributed by atoms with Crippen LogP contribution in [0, 0.1) is 5.82 Å². The Morgan fingerprint density at radius 1 is 1.20 bits per heavy atom. The van der Waals surface area contributed by atoms with Crippen LogP contribution in [0.2, 0.25) is 0 Å². The quantitative estimate of drug-likeness (QED) is 0.880. The Bertz CT molecular complexity index is 558. The van der Waals surface area contributed by atoms with Gasteiger partial charge in [-0.3, -0.25) is 0 Å². The maximum absolute atomic E-state index is 14.0. The number of hydrogen-bond acceptors (Lipinski definition) is 4. The van der Waals surface area contributed by atoms with Crippen LogP contribution in [0.1, 0.15) is 11.1 Å². The van der Waals surface area contributed by atoms with Gasteiger partial charge in [0, 0.05) is 18.3 Å². The van der Waals surface area contributed by atoms with Crippen molar-refractivity contribution in [1.29, 1.82) is 0 Å². The van der Waals surface area contributed by atoms with Gasteiger partial charge in [-0.1, -0.05) is 12.1 Å². The third kappa shape index (κ3) is 3.45. The standard InChI is InChI=1S/C15H17FN2O2/c1-17-9-12-7-8-18-15(14(12)16)20-10-11-3-5-13(19-2)6-4-11/h3-8,17H,9-10H2,1-2H3. The molecule has 1 heterocycles. The van der Waals surface area contributed by atoms with Gasteiger partial charge in [-0.25, -0.2) is 9.37 Å². The maximum Gasteiger partial charge on any atom is 0.251 e. The number of benzene rings is 1. The van der Waals surface area contributed by atoms with E-state index in [1.807, 2.05) is 24.3 Å². The fourth-order valence-electron chi connectivity index (χ4n) is 1.76. The molecule has 0 unspecified atom stereocenters. The second-order valence-electron chi connectivity index (χ2n) is 4.26. The molecular weight excluding hydrogens is 259 g/mol. The molecule has 106 valence electrons. The number of ether oxygens (including phenoxy) is 2. The molecule has 0 aliphatic heterocycles. The van der Waals surface area contributed by atoms with E-state index in [0.717, 1.165) is 11.3 Å². The summed E-state index contributed by atoms with van der Waals surface area (Å²) in [6.45, 7) is 0.699. The van der Waals surface area contributed by atoms with Crippen molar-refractivity contribution in [3.05, 3.63) is 53.5 Å². The molecule has 0 bridgehead atoms. The maximum atomic E-state index is 14.0. The third-order valence-corrected chi connectivity index (χ3v) is 2.84. The lowest BCUT2D eigenvalue weighted by atomic mass is 10.2. The number of hydrogen-bond donors (Lipinski definition) is 1. The lowest BCUT2D eigenvalue weighted by Crippen LogP contribution is -2.09. The smallest absolute Gasteiger partial charge is 0.251 e. The molecule has 1 aromatic heterocycles. The van der Waals surface area contributed by atoms with Crippen molar-refractivity contribution in [3.8, 4) is 11.6 Å². The molecule has 0 aliphatic rings. The minimum absolute atomic E-state index is 0.0218. The number of nitrogens with zero attached hydrogens (tertiary/aromatic N) is 1. The Morgan fingerprint density at radius 2 is 1.95 bits per heavy atom. The van der Waals surface area contributed by atoms with E-state index in [4.69, 9.17) is 9.47 Å². The molecule has 0 saturated heterocycles. The largest absolute Gasteiger partial charge is 0.497 e. The zero-order chi connectivity index (χ0) is 14.4. The Labute approximate surface area is 117 Å². The van der Waals surface area contributed by atoms with Crippen molar-refractivity contribution in [2.75, 3.05) is 14.2 Å². The van der Waals surface area contributed by atoms with Crippen LogP contribution >= 0.6 is 0 Å². The summed E-state index contributed by atoms with van der Waals surface area (Å²) >= 11 is 0. The summed E-state index contributed by atoms with van der Waals surface area (Å²) in [6.07, 6.45) is 1.54. The lowest BCUT2D eigenvalue weighted by molar-refractivity contribution is 0.275. The van der Waals surface area contributed by atoms with Gasteiger partial charge in [0.2, 0.25) is 0 Å². The number of rotatable bonds is 6. The Hall–Kier alpha value is -2.14. The van der Waals surface area contributed by atoms with E-state index in [1.165, 1.54) is 0 Å². The molecule has 20 heavy (non-hydrogen) atoms. The first-order valence-corrected chi connectivity index (χ1v) is 6.28. The van der Waals surface area contributed by atoms with Gasteiger partial charge >= 0.3 is 0 Å². The van der Waals surface area contributed by atoms with E-state index >= 15 is 0 Å². The lowest BCUT2D eigenvalue weighted by Gasteiger charge is -2.09. The highest BCUT2D eigenvalue weighted by Crippen LogP contribution is 2.19. The highest BCUT2D eigenvalue weighted by atomic mass is 19.1. The molecule has 0 saturated carbocycles. The summed E-state index contributed by atoms with van der Waals surface area (Å²) in [5.41, 5.74) is 1.46. The van der Waals surface area contributed by atoms with E-state index in [2.05, 4.69) is 10.3 Å². The number of nitrogens with one attached hydrogen (secondary N) is 1. The topological polar surface area (TPSA) is 43.4 Å². The van der Waals surface area contributed by atoms with Gasteiger partial charge in [0.15, 0.2) is 5.82 Å². The zero-order valence-corrected chi connectivity index (χ0v) is 11.5. The Balaban J connectivity index is 2.04. The van der Waals surface area contributed by atoms with Gasteiger partial charge in [0.05, 0.1) is 7.11 Å². The van der Waals surface area contributed by atoms with E-state index < -0.39 is 5.82 Å². The molecule has 2 aromatic rings. The monoisotopic (exact) mass is 276 g/mol. The van der Waals surface area contributed by atoms with Gasteiger partial charge < -0.3 is 14.8 Å². The van der Waals surface area contributed by atoms with E-state index in [9.17, 15) is 4.39 Å².